The minimum absolute atomic E-state index is 0.419. The molecule has 0 aliphatic heterocycles. The summed E-state index contributed by atoms with van der Waals surface area (Å²) in [7, 11) is 0. The molecule has 0 aromatic rings. The summed E-state index contributed by atoms with van der Waals surface area (Å²) in [4.78, 5) is 0. The molecular weight excluding hydrogens is 534 g/mol. The van der Waals surface area contributed by atoms with Crippen molar-refractivity contribution in [3.05, 3.63) is 0 Å². The Morgan fingerprint density at radius 1 is 0.423 bits per heavy atom. The quantitative estimate of drug-likeness (QED) is 0.172. The van der Waals surface area contributed by atoms with Crippen molar-refractivity contribution >= 4 is 39.5 Å². The molecule has 2 nitrogen and oxygen atoms in total. The predicted octanol–water partition coefficient (Wildman–Crippen LogP) is 6.93. The Balaban J connectivity index is 0. The van der Waals surface area contributed by atoms with Crippen LogP contribution in [-0.4, -0.2) is 62.9 Å². The summed E-state index contributed by atoms with van der Waals surface area (Å²) in [5.74, 6) is 0. The molecule has 0 fully saturated rings. The standard InChI is InChI=1S/4C4H9.2C3H7O.2Sn/c4*1-3-4-2;2*1-2-3-4;;/h4*1,3-4H2,2H3;2*4H,1-3H2;;. The molecule has 0 bridgehead atoms. The molecule has 0 rings (SSSR count). The predicted molar refractivity (Wildman–Crippen MR) is 123 cm³/mol. The molecule has 0 heterocycles. The number of hydrogen-bond donors (Lipinski definition) is 2. The maximum atomic E-state index is 8.80. The molecule has 0 aliphatic rings. The van der Waals surface area contributed by atoms with E-state index in [1.165, 1.54) is 60.2 Å². The van der Waals surface area contributed by atoms with Gasteiger partial charge < -0.3 is 0 Å². The fourth-order valence-corrected chi connectivity index (χ4v) is 20.9. The Bertz CT molecular complexity index is 178. The zero-order valence-corrected chi connectivity index (χ0v) is 24.3. The van der Waals surface area contributed by atoms with Crippen LogP contribution in [0.15, 0.2) is 0 Å². The van der Waals surface area contributed by atoms with Crippen molar-refractivity contribution in [1.29, 1.82) is 0 Å². The van der Waals surface area contributed by atoms with Crippen LogP contribution < -0.4 is 0 Å². The van der Waals surface area contributed by atoms with Crippen molar-refractivity contribution in [1.82, 2.24) is 0 Å². The van der Waals surface area contributed by atoms with Gasteiger partial charge in [-0.1, -0.05) is 0 Å². The summed E-state index contributed by atoms with van der Waals surface area (Å²) in [5.41, 5.74) is 0. The van der Waals surface area contributed by atoms with Crippen LogP contribution in [0.4, 0.5) is 0 Å². The normalized spacial score (nSPS) is 11.1. The van der Waals surface area contributed by atoms with E-state index in [2.05, 4.69) is 27.7 Å². The van der Waals surface area contributed by atoms with Gasteiger partial charge in [-0.2, -0.15) is 0 Å². The van der Waals surface area contributed by atoms with Crippen molar-refractivity contribution in [3.8, 4) is 0 Å². The Labute approximate surface area is 180 Å². The third kappa shape index (κ3) is 23.6. The molecule has 0 aromatic carbocycles. The van der Waals surface area contributed by atoms with E-state index >= 15 is 0 Å². The number of rotatable bonds is 18. The average molecular weight is 584 g/mol. The van der Waals surface area contributed by atoms with E-state index < -0.39 is 39.5 Å². The van der Waals surface area contributed by atoms with Crippen molar-refractivity contribution < 1.29 is 10.2 Å². The topological polar surface area (TPSA) is 40.5 Å². The van der Waals surface area contributed by atoms with Gasteiger partial charge in [-0.25, -0.2) is 0 Å². The number of unbranched alkanes of at least 4 members (excludes halogenated alkanes) is 4. The van der Waals surface area contributed by atoms with Crippen LogP contribution in [0.3, 0.4) is 0 Å². The molecular formula is C22H50O2Sn2. The molecule has 0 aliphatic carbocycles. The van der Waals surface area contributed by atoms with E-state index in [-0.39, 0.29) is 0 Å². The van der Waals surface area contributed by atoms with E-state index in [1.807, 2.05) is 0 Å². The van der Waals surface area contributed by atoms with Gasteiger partial charge in [-0.05, 0) is 0 Å². The molecule has 2 N–H and O–H groups in total. The molecule has 158 valence electrons. The maximum absolute atomic E-state index is 8.80. The van der Waals surface area contributed by atoms with E-state index in [1.54, 1.807) is 17.7 Å². The summed E-state index contributed by atoms with van der Waals surface area (Å²) >= 11 is -2.00. The van der Waals surface area contributed by atoms with Crippen molar-refractivity contribution in [3.63, 3.8) is 0 Å². The molecule has 0 amide bonds. The summed E-state index contributed by atoms with van der Waals surface area (Å²) in [6, 6.07) is 0. The summed E-state index contributed by atoms with van der Waals surface area (Å²) in [6.07, 6.45) is 13.4. The summed E-state index contributed by atoms with van der Waals surface area (Å²) < 4.78 is 9.13. The first-order valence-electron chi connectivity index (χ1n) is 11.6. The second-order valence-corrected chi connectivity index (χ2v) is 24.7. The molecule has 4 heteroatoms. The van der Waals surface area contributed by atoms with Crippen LogP contribution in [0.2, 0.25) is 26.6 Å². The second-order valence-electron chi connectivity index (χ2n) is 7.57. The first-order valence-corrected chi connectivity index (χ1v) is 23.7. The first kappa shape index (κ1) is 29.7. The number of aliphatic hydroxyl groups is 2. The molecule has 0 spiro atoms. The third-order valence-corrected chi connectivity index (χ3v) is 23.1. The monoisotopic (exact) mass is 586 g/mol. The number of hydrogen-bond acceptors (Lipinski definition) is 2. The van der Waals surface area contributed by atoms with Gasteiger partial charge in [-0.15, -0.1) is 0 Å². The Morgan fingerprint density at radius 2 is 0.654 bits per heavy atom. The van der Waals surface area contributed by atoms with E-state index in [4.69, 9.17) is 10.2 Å². The van der Waals surface area contributed by atoms with Crippen molar-refractivity contribution in [2.45, 2.75) is 119 Å². The average Bonchev–Trinajstić information content (AvgIpc) is 2.67. The zero-order valence-electron chi connectivity index (χ0n) is 18.6. The van der Waals surface area contributed by atoms with Crippen LogP contribution in [0.25, 0.3) is 0 Å². The van der Waals surface area contributed by atoms with Crippen LogP contribution in [0, 0.1) is 0 Å². The molecule has 0 atom stereocenters. The summed E-state index contributed by atoms with van der Waals surface area (Å²) in [5, 5.41) is 17.6. The van der Waals surface area contributed by atoms with E-state index in [0.29, 0.717) is 13.2 Å². The van der Waals surface area contributed by atoms with Gasteiger partial charge >= 0.3 is 181 Å². The molecule has 0 aromatic heterocycles. The molecule has 0 unspecified atom stereocenters. The van der Waals surface area contributed by atoms with Gasteiger partial charge in [-0.3, -0.25) is 0 Å². The third-order valence-electron chi connectivity index (χ3n) is 4.91. The van der Waals surface area contributed by atoms with E-state index in [9.17, 15) is 0 Å². The minimum atomic E-state index is -0.999. The Morgan fingerprint density at radius 3 is 0.846 bits per heavy atom. The molecule has 0 saturated carbocycles. The Hall–Kier alpha value is 1.52. The van der Waals surface area contributed by atoms with Gasteiger partial charge in [0.1, 0.15) is 0 Å². The van der Waals surface area contributed by atoms with Crippen LogP contribution in [0.5, 0.6) is 0 Å². The molecule has 2 radical (unpaired) electrons. The van der Waals surface area contributed by atoms with Crippen molar-refractivity contribution in [2.75, 3.05) is 13.2 Å². The van der Waals surface area contributed by atoms with Gasteiger partial charge in [0, 0.05) is 0 Å². The fraction of sp³-hybridized carbons (Fsp3) is 1.00. The van der Waals surface area contributed by atoms with Gasteiger partial charge in [0.2, 0.25) is 0 Å². The van der Waals surface area contributed by atoms with E-state index in [0.717, 1.165) is 12.8 Å². The first-order chi connectivity index (χ1) is 12.7. The second kappa shape index (κ2) is 26.5. The van der Waals surface area contributed by atoms with Gasteiger partial charge in [0.15, 0.2) is 0 Å². The fourth-order valence-electron chi connectivity index (χ4n) is 3.12. The Kier molecular flexibility index (Phi) is 30.3. The molecule has 26 heavy (non-hydrogen) atoms. The SMILES string of the molecule is CCC[CH2][Sn]([CH2]CCC)[CH2]CCO.CCC[CH2][Sn]([CH2]CCC)[CH2]CCO. The van der Waals surface area contributed by atoms with Crippen LogP contribution in [0.1, 0.15) is 91.9 Å². The number of aliphatic hydroxyl groups excluding tert-OH is 2. The van der Waals surface area contributed by atoms with Crippen LogP contribution in [-0.2, 0) is 0 Å². The van der Waals surface area contributed by atoms with Crippen molar-refractivity contribution in [2.24, 2.45) is 0 Å². The zero-order chi connectivity index (χ0) is 19.9. The van der Waals surface area contributed by atoms with Gasteiger partial charge in [0.25, 0.3) is 0 Å². The molecule has 0 saturated heterocycles. The summed E-state index contributed by atoms with van der Waals surface area (Å²) in [6.45, 7) is 9.98. The van der Waals surface area contributed by atoms with Gasteiger partial charge in [0.05, 0.1) is 0 Å². The van der Waals surface area contributed by atoms with Crippen LogP contribution >= 0.6 is 0 Å².